The number of hydrogen-bond acceptors (Lipinski definition) is 2. The number of aryl methyl sites for hydroxylation is 2. The molecule has 0 saturated heterocycles. The summed E-state index contributed by atoms with van der Waals surface area (Å²) >= 11 is 7.58. The van der Waals surface area contributed by atoms with Gasteiger partial charge in [-0.25, -0.2) is 4.39 Å². The van der Waals surface area contributed by atoms with E-state index >= 15 is 0 Å². The lowest BCUT2D eigenvalue weighted by atomic mass is 10.1. The predicted octanol–water partition coefficient (Wildman–Crippen LogP) is 5.56. The number of carbonyl (C=O) groups is 1. The number of nitrogens with one attached hydrogen (secondary N) is 1. The predicted molar refractivity (Wildman–Crippen MR) is 90.7 cm³/mol. The average Bonchev–Trinajstić information content (AvgIpc) is 2.87. The Morgan fingerprint density at radius 1 is 1.23 bits per heavy atom. The topological polar surface area (TPSA) is 29.1 Å². The summed E-state index contributed by atoms with van der Waals surface area (Å²) < 4.78 is 14.7. The van der Waals surface area contributed by atoms with Crippen LogP contribution in [0.3, 0.4) is 0 Å². The highest BCUT2D eigenvalue weighted by Crippen LogP contribution is 2.29. The Labute approximate surface area is 136 Å². The van der Waals surface area contributed by atoms with Crippen LogP contribution in [0.4, 0.5) is 10.1 Å². The van der Waals surface area contributed by atoms with Crippen molar-refractivity contribution in [3.8, 4) is 0 Å². The molecule has 0 aliphatic heterocycles. The fourth-order valence-corrected chi connectivity index (χ4v) is 3.44. The van der Waals surface area contributed by atoms with Gasteiger partial charge in [-0.1, -0.05) is 23.2 Å². The van der Waals surface area contributed by atoms with E-state index in [2.05, 4.69) is 5.32 Å². The Morgan fingerprint density at radius 3 is 2.77 bits per heavy atom. The highest BCUT2D eigenvalue weighted by atomic mass is 35.5. The normalized spacial score (nSPS) is 10.9. The first kappa shape index (κ1) is 15.0. The van der Waals surface area contributed by atoms with Gasteiger partial charge in [0, 0.05) is 15.5 Å². The molecule has 2 nitrogen and oxygen atoms in total. The number of anilines is 1. The fourth-order valence-electron chi connectivity index (χ4n) is 2.25. The van der Waals surface area contributed by atoms with Crippen LogP contribution in [-0.2, 0) is 0 Å². The molecule has 22 heavy (non-hydrogen) atoms. The van der Waals surface area contributed by atoms with Crippen molar-refractivity contribution in [2.45, 2.75) is 13.8 Å². The summed E-state index contributed by atoms with van der Waals surface area (Å²) in [5, 5.41) is 5.71. The molecule has 1 N–H and O–H groups in total. The SMILES string of the molecule is Cc1ccc2scc(C(=O)Nc3cc(F)c(C)cc3Cl)c2c1. The second-order valence-corrected chi connectivity index (χ2v) is 6.50. The van der Waals surface area contributed by atoms with Crippen LogP contribution in [0.25, 0.3) is 10.1 Å². The second kappa shape index (κ2) is 5.71. The van der Waals surface area contributed by atoms with Gasteiger partial charge < -0.3 is 5.32 Å². The Kier molecular flexibility index (Phi) is 3.89. The fraction of sp³-hybridized carbons (Fsp3) is 0.118. The zero-order valence-corrected chi connectivity index (χ0v) is 13.6. The minimum absolute atomic E-state index is 0.279. The van der Waals surface area contributed by atoms with Crippen LogP contribution < -0.4 is 5.32 Å². The van der Waals surface area contributed by atoms with Gasteiger partial charge >= 0.3 is 0 Å². The number of thiophene rings is 1. The van der Waals surface area contributed by atoms with Crippen LogP contribution >= 0.6 is 22.9 Å². The van der Waals surface area contributed by atoms with Crippen LogP contribution in [0.2, 0.25) is 5.02 Å². The van der Waals surface area contributed by atoms with Crippen molar-refractivity contribution in [3.05, 3.63) is 63.2 Å². The number of carbonyl (C=O) groups excluding carboxylic acids is 1. The summed E-state index contributed by atoms with van der Waals surface area (Å²) in [6.07, 6.45) is 0. The maximum atomic E-state index is 13.7. The molecule has 0 aliphatic carbocycles. The maximum absolute atomic E-state index is 13.7. The van der Waals surface area contributed by atoms with E-state index in [-0.39, 0.29) is 11.6 Å². The van der Waals surface area contributed by atoms with Crippen molar-refractivity contribution in [1.82, 2.24) is 0 Å². The van der Waals surface area contributed by atoms with Crippen LogP contribution in [0.5, 0.6) is 0 Å². The number of halogens is 2. The van der Waals surface area contributed by atoms with E-state index in [1.165, 1.54) is 23.5 Å². The van der Waals surface area contributed by atoms with Crippen molar-refractivity contribution in [1.29, 1.82) is 0 Å². The standard InChI is InChI=1S/C17H13ClFNOS/c1-9-3-4-16-11(5-9)12(8-22-16)17(21)20-15-7-14(19)10(2)6-13(15)18/h3-8H,1-2H3,(H,20,21). The molecule has 0 saturated carbocycles. The van der Waals surface area contributed by atoms with E-state index in [4.69, 9.17) is 11.6 Å². The van der Waals surface area contributed by atoms with Gasteiger partial charge in [-0.15, -0.1) is 11.3 Å². The van der Waals surface area contributed by atoms with E-state index < -0.39 is 5.82 Å². The number of amides is 1. The van der Waals surface area contributed by atoms with Gasteiger partial charge in [0.05, 0.1) is 16.3 Å². The first-order valence-corrected chi connectivity index (χ1v) is 7.96. The molecule has 5 heteroatoms. The van der Waals surface area contributed by atoms with Crippen molar-refractivity contribution in [3.63, 3.8) is 0 Å². The monoisotopic (exact) mass is 333 g/mol. The van der Waals surface area contributed by atoms with Crippen molar-refractivity contribution in [2.75, 3.05) is 5.32 Å². The average molecular weight is 334 g/mol. The van der Waals surface area contributed by atoms with Crippen LogP contribution in [0.15, 0.2) is 35.7 Å². The summed E-state index contributed by atoms with van der Waals surface area (Å²) in [6, 6.07) is 8.72. The highest BCUT2D eigenvalue weighted by molar-refractivity contribution is 7.17. The Bertz CT molecular complexity index is 888. The zero-order chi connectivity index (χ0) is 15.9. The van der Waals surface area contributed by atoms with Gasteiger partial charge in [0.25, 0.3) is 5.91 Å². The van der Waals surface area contributed by atoms with Gasteiger partial charge in [-0.2, -0.15) is 0 Å². The Hall–Kier alpha value is -1.91. The van der Waals surface area contributed by atoms with Crippen molar-refractivity contribution < 1.29 is 9.18 Å². The zero-order valence-electron chi connectivity index (χ0n) is 12.0. The lowest BCUT2D eigenvalue weighted by Gasteiger charge is -2.08. The van der Waals surface area contributed by atoms with E-state index in [0.717, 1.165) is 15.6 Å². The van der Waals surface area contributed by atoms with Crippen molar-refractivity contribution >= 4 is 44.6 Å². The van der Waals surface area contributed by atoms with Gasteiger partial charge in [-0.3, -0.25) is 4.79 Å². The molecule has 112 valence electrons. The summed E-state index contributed by atoms with van der Waals surface area (Å²) in [6.45, 7) is 3.60. The molecule has 0 atom stereocenters. The Morgan fingerprint density at radius 2 is 2.00 bits per heavy atom. The van der Waals surface area contributed by atoms with Gasteiger partial charge in [0.1, 0.15) is 5.82 Å². The third kappa shape index (κ3) is 2.72. The summed E-state index contributed by atoms with van der Waals surface area (Å²) in [5.41, 5.74) is 2.38. The lowest BCUT2D eigenvalue weighted by molar-refractivity contribution is 0.102. The first-order valence-electron chi connectivity index (χ1n) is 6.70. The van der Waals surface area contributed by atoms with Gasteiger partial charge in [0.2, 0.25) is 0 Å². The minimum Gasteiger partial charge on any atom is -0.320 e. The number of benzene rings is 2. The molecule has 0 spiro atoms. The summed E-state index contributed by atoms with van der Waals surface area (Å²) in [7, 11) is 0. The first-order chi connectivity index (χ1) is 10.5. The smallest absolute Gasteiger partial charge is 0.257 e. The molecular weight excluding hydrogens is 321 g/mol. The number of hydrogen-bond donors (Lipinski definition) is 1. The third-order valence-corrected chi connectivity index (χ3v) is 4.75. The second-order valence-electron chi connectivity index (χ2n) is 5.18. The Balaban J connectivity index is 1.97. The quantitative estimate of drug-likeness (QED) is 0.653. The molecule has 0 radical (unpaired) electrons. The third-order valence-electron chi connectivity index (χ3n) is 3.47. The molecule has 0 unspecified atom stereocenters. The van der Waals surface area contributed by atoms with Crippen LogP contribution in [0, 0.1) is 19.7 Å². The maximum Gasteiger partial charge on any atom is 0.257 e. The molecule has 0 aliphatic rings. The molecule has 3 aromatic rings. The van der Waals surface area contributed by atoms with Crippen LogP contribution in [0.1, 0.15) is 21.5 Å². The molecule has 2 aromatic carbocycles. The summed E-state index contributed by atoms with van der Waals surface area (Å²) in [4.78, 5) is 12.5. The number of fused-ring (bicyclic) bond motifs is 1. The van der Waals surface area contributed by atoms with E-state index in [0.29, 0.717) is 16.1 Å². The number of rotatable bonds is 2. The molecule has 0 fully saturated rings. The molecule has 1 aromatic heterocycles. The lowest BCUT2D eigenvalue weighted by Crippen LogP contribution is -2.12. The molecule has 0 bridgehead atoms. The molecule has 1 heterocycles. The van der Waals surface area contributed by atoms with E-state index in [1.807, 2.05) is 25.1 Å². The van der Waals surface area contributed by atoms with E-state index in [1.54, 1.807) is 12.3 Å². The molecule has 3 rings (SSSR count). The highest BCUT2D eigenvalue weighted by Gasteiger charge is 2.15. The van der Waals surface area contributed by atoms with Crippen LogP contribution in [-0.4, -0.2) is 5.91 Å². The largest absolute Gasteiger partial charge is 0.320 e. The molecule has 1 amide bonds. The summed E-state index contributed by atoms with van der Waals surface area (Å²) in [5.74, 6) is -0.687. The minimum atomic E-state index is -0.397. The van der Waals surface area contributed by atoms with Gasteiger partial charge in [0.15, 0.2) is 0 Å². The molecular formula is C17H13ClFNOS. The van der Waals surface area contributed by atoms with Crippen molar-refractivity contribution in [2.24, 2.45) is 0 Å². The van der Waals surface area contributed by atoms with Gasteiger partial charge in [-0.05, 0) is 43.7 Å². The van der Waals surface area contributed by atoms with E-state index in [9.17, 15) is 9.18 Å².